The molecule has 0 bridgehead atoms. The van der Waals surface area contributed by atoms with Crippen LogP contribution in [0.1, 0.15) is 24.8 Å². The third-order valence-corrected chi connectivity index (χ3v) is 3.94. The van der Waals surface area contributed by atoms with Gasteiger partial charge in [-0.2, -0.15) is 0 Å². The van der Waals surface area contributed by atoms with E-state index in [9.17, 15) is 0 Å². The molecular weight excluding hydrogens is 303 g/mol. The maximum absolute atomic E-state index is 6.03. The number of rotatable bonds is 4. The number of hydrogen-bond donors (Lipinski definition) is 1. The van der Waals surface area contributed by atoms with Gasteiger partial charge in [0.2, 0.25) is 0 Å². The van der Waals surface area contributed by atoms with Crippen molar-refractivity contribution >= 4 is 35.6 Å². The summed E-state index contributed by atoms with van der Waals surface area (Å²) in [5.74, 6) is 0.749. The smallest absolute Gasteiger partial charge is 0.0424 e. The van der Waals surface area contributed by atoms with Gasteiger partial charge in [-0.05, 0) is 62.0 Å². The minimum Gasteiger partial charge on any atom is -0.330 e. The lowest BCUT2D eigenvalue weighted by Crippen LogP contribution is -2.35. The van der Waals surface area contributed by atoms with E-state index < -0.39 is 0 Å². The Balaban J connectivity index is 0.00000180. The average molecular weight is 324 g/mol. The fourth-order valence-electron chi connectivity index (χ4n) is 2.73. The van der Waals surface area contributed by atoms with Crippen LogP contribution in [0.25, 0.3) is 0 Å². The predicted octanol–water partition coefficient (Wildman–Crippen LogP) is 3.98. The topological polar surface area (TPSA) is 29.3 Å². The predicted molar refractivity (Wildman–Crippen MR) is 85.4 cm³/mol. The average Bonchev–Trinajstić information content (AvgIpc) is 2.28. The fraction of sp³-hybridized carbons (Fsp3) is 0.571. The van der Waals surface area contributed by atoms with Gasteiger partial charge in [-0.1, -0.05) is 23.2 Å². The van der Waals surface area contributed by atoms with E-state index in [1.165, 1.54) is 18.4 Å². The van der Waals surface area contributed by atoms with Crippen LogP contribution in [-0.4, -0.2) is 24.5 Å². The third-order valence-electron chi connectivity index (χ3n) is 3.51. The fourth-order valence-corrected chi connectivity index (χ4v) is 3.30. The lowest BCUT2D eigenvalue weighted by molar-refractivity contribution is 0.163. The monoisotopic (exact) mass is 322 g/mol. The molecule has 2 nitrogen and oxygen atoms in total. The van der Waals surface area contributed by atoms with Gasteiger partial charge in [0.05, 0.1) is 0 Å². The molecule has 0 aromatic heterocycles. The zero-order valence-corrected chi connectivity index (χ0v) is 13.3. The number of benzene rings is 1. The van der Waals surface area contributed by atoms with E-state index in [4.69, 9.17) is 28.9 Å². The largest absolute Gasteiger partial charge is 0.330 e. The highest BCUT2D eigenvalue weighted by Crippen LogP contribution is 2.23. The van der Waals surface area contributed by atoms with Gasteiger partial charge >= 0.3 is 0 Å². The molecule has 1 fully saturated rings. The summed E-state index contributed by atoms with van der Waals surface area (Å²) in [5, 5.41) is 1.43. The minimum atomic E-state index is 0. The van der Waals surface area contributed by atoms with Crippen LogP contribution in [0.2, 0.25) is 10.0 Å². The Kier molecular flexibility index (Phi) is 7.48. The van der Waals surface area contributed by atoms with Gasteiger partial charge in [0, 0.05) is 23.1 Å². The highest BCUT2D eigenvalue weighted by atomic mass is 35.5. The van der Waals surface area contributed by atoms with Crippen LogP contribution in [-0.2, 0) is 6.54 Å². The highest BCUT2D eigenvalue weighted by Gasteiger charge is 2.19. The maximum Gasteiger partial charge on any atom is 0.0424 e. The van der Waals surface area contributed by atoms with Crippen molar-refractivity contribution in [2.24, 2.45) is 11.7 Å². The molecule has 0 aliphatic carbocycles. The number of halogens is 3. The second-order valence-electron chi connectivity index (χ2n) is 5.10. The van der Waals surface area contributed by atoms with Crippen LogP contribution < -0.4 is 5.73 Å². The van der Waals surface area contributed by atoms with Crippen LogP contribution in [0.4, 0.5) is 0 Å². The molecule has 1 unspecified atom stereocenters. The first kappa shape index (κ1) is 17.1. The first-order valence-corrected chi connectivity index (χ1v) is 7.30. The second kappa shape index (κ2) is 8.33. The van der Waals surface area contributed by atoms with Gasteiger partial charge in [-0.15, -0.1) is 12.4 Å². The highest BCUT2D eigenvalue weighted by molar-refractivity contribution is 6.34. The molecule has 1 aromatic carbocycles. The zero-order valence-electron chi connectivity index (χ0n) is 10.9. The van der Waals surface area contributed by atoms with Crippen molar-refractivity contribution in [3.63, 3.8) is 0 Å². The second-order valence-corrected chi connectivity index (χ2v) is 5.97. The van der Waals surface area contributed by atoms with Gasteiger partial charge < -0.3 is 5.73 Å². The summed E-state index contributed by atoms with van der Waals surface area (Å²) in [5.41, 5.74) is 6.84. The number of likely N-dealkylation sites (tertiary alicyclic amines) is 1. The summed E-state index contributed by atoms with van der Waals surface area (Å²) in [7, 11) is 0. The van der Waals surface area contributed by atoms with Gasteiger partial charge in [-0.3, -0.25) is 4.90 Å². The summed E-state index contributed by atoms with van der Waals surface area (Å²) >= 11 is 12.1. The van der Waals surface area contributed by atoms with Crippen LogP contribution in [0, 0.1) is 5.92 Å². The number of hydrogen-bond acceptors (Lipinski definition) is 2. The van der Waals surface area contributed by atoms with Crippen molar-refractivity contribution in [3.8, 4) is 0 Å². The van der Waals surface area contributed by atoms with Gasteiger partial charge in [0.15, 0.2) is 0 Å². The quantitative estimate of drug-likeness (QED) is 0.908. The summed E-state index contributed by atoms with van der Waals surface area (Å²) < 4.78 is 0. The molecular formula is C14H21Cl3N2. The normalized spacial score (nSPS) is 20.1. The third kappa shape index (κ3) is 5.49. The molecule has 1 heterocycles. The molecule has 2 N–H and O–H groups in total. The number of nitrogens with two attached hydrogens (primary N) is 1. The lowest BCUT2D eigenvalue weighted by atomic mass is 9.94. The van der Waals surface area contributed by atoms with E-state index in [0.717, 1.165) is 38.5 Å². The van der Waals surface area contributed by atoms with Crippen molar-refractivity contribution in [3.05, 3.63) is 33.8 Å². The Morgan fingerprint density at radius 3 is 2.53 bits per heavy atom. The van der Waals surface area contributed by atoms with Crippen molar-refractivity contribution in [1.82, 2.24) is 4.90 Å². The molecule has 19 heavy (non-hydrogen) atoms. The lowest BCUT2D eigenvalue weighted by Gasteiger charge is -2.32. The molecule has 1 aliphatic rings. The van der Waals surface area contributed by atoms with Crippen molar-refractivity contribution in [1.29, 1.82) is 0 Å². The van der Waals surface area contributed by atoms with E-state index >= 15 is 0 Å². The van der Waals surface area contributed by atoms with E-state index in [0.29, 0.717) is 10.0 Å². The summed E-state index contributed by atoms with van der Waals surface area (Å²) in [6, 6.07) is 5.78. The molecule has 1 aromatic rings. The summed E-state index contributed by atoms with van der Waals surface area (Å²) in [4.78, 5) is 2.48. The Labute approximate surface area is 131 Å². The minimum absolute atomic E-state index is 0. The first-order valence-electron chi connectivity index (χ1n) is 6.55. The summed E-state index contributed by atoms with van der Waals surface area (Å²) in [6.07, 6.45) is 3.70. The number of nitrogens with zero attached hydrogens (tertiary/aromatic N) is 1. The van der Waals surface area contributed by atoms with Crippen LogP contribution >= 0.6 is 35.6 Å². The van der Waals surface area contributed by atoms with Gasteiger partial charge in [-0.25, -0.2) is 0 Å². The molecule has 0 radical (unpaired) electrons. The van der Waals surface area contributed by atoms with Crippen LogP contribution in [0.15, 0.2) is 18.2 Å². The maximum atomic E-state index is 6.03. The molecule has 1 saturated heterocycles. The van der Waals surface area contributed by atoms with E-state index in [2.05, 4.69) is 4.90 Å². The van der Waals surface area contributed by atoms with Crippen LogP contribution in [0.5, 0.6) is 0 Å². The standard InChI is InChI=1S/C14H20Cl2N2.ClH/c15-13-6-12(7-14(16)8-13)10-18-5-1-2-11(9-18)3-4-17;/h6-8,11H,1-5,9-10,17H2;1H. The molecule has 5 heteroatoms. The van der Waals surface area contributed by atoms with E-state index in [-0.39, 0.29) is 12.4 Å². The SMILES string of the molecule is Cl.NCCC1CCCN(Cc2cc(Cl)cc(Cl)c2)C1. The molecule has 108 valence electrons. The number of piperidine rings is 1. The molecule has 1 aliphatic heterocycles. The van der Waals surface area contributed by atoms with Crippen LogP contribution in [0.3, 0.4) is 0 Å². The summed E-state index contributed by atoms with van der Waals surface area (Å²) in [6.45, 7) is 4.02. The zero-order chi connectivity index (χ0) is 13.0. The molecule has 2 rings (SSSR count). The van der Waals surface area contributed by atoms with E-state index in [1.54, 1.807) is 6.07 Å². The Bertz CT molecular complexity index is 376. The Morgan fingerprint density at radius 2 is 1.89 bits per heavy atom. The first-order chi connectivity index (χ1) is 8.67. The molecule has 1 atom stereocenters. The molecule has 0 amide bonds. The van der Waals surface area contributed by atoms with Crippen molar-refractivity contribution < 1.29 is 0 Å². The van der Waals surface area contributed by atoms with Gasteiger partial charge in [0.1, 0.15) is 0 Å². The Hall–Kier alpha value is 0.01000. The molecule has 0 saturated carbocycles. The van der Waals surface area contributed by atoms with Crippen molar-refractivity contribution in [2.45, 2.75) is 25.8 Å². The van der Waals surface area contributed by atoms with Gasteiger partial charge in [0.25, 0.3) is 0 Å². The molecule has 0 spiro atoms. The van der Waals surface area contributed by atoms with Crippen molar-refractivity contribution in [2.75, 3.05) is 19.6 Å². The Morgan fingerprint density at radius 1 is 1.21 bits per heavy atom. The van der Waals surface area contributed by atoms with E-state index in [1.807, 2.05) is 12.1 Å².